The first-order valence-electron chi connectivity index (χ1n) is 4.89. The summed E-state index contributed by atoms with van der Waals surface area (Å²) in [6, 6.07) is 0. The van der Waals surface area contributed by atoms with Crippen molar-refractivity contribution in [2.45, 2.75) is 32.2 Å². The van der Waals surface area contributed by atoms with Crippen molar-refractivity contribution in [3.63, 3.8) is 0 Å². The van der Waals surface area contributed by atoms with E-state index in [1.807, 2.05) is 13.8 Å². The van der Waals surface area contributed by atoms with Crippen LogP contribution < -0.4 is 4.72 Å². The predicted molar refractivity (Wildman–Crippen MR) is 65.9 cm³/mol. The van der Waals surface area contributed by atoms with Gasteiger partial charge in [0.1, 0.15) is 0 Å². The lowest BCUT2D eigenvalue weighted by Crippen LogP contribution is -2.44. The van der Waals surface area contributed by atoms with Crippen molar-refractivity contribution in [2.75, 3.05) is 24.8 Å². The van der Waals surface area contributed by atoms with Crippen molar-refractivity contribution in [1.29, 1.82) is 0 Å². The summed E-state index contributed by atoms with van der Waals surface area (Å²) in [6.45, 7) is 4.23. The number of halogens is 1. The molecule has 0 aromatic rings. The minimum atomic E-state index is -3.18. The first kappa shape index (κ1) is 15.3. The minimum Gasteiger partial charge on any atom is -0.385 e. The number of alkyl halides is 1. The van der Waals surface area contributed by atoms with Crippen molar-refractivity contribution < 1.29 is 13.2 Å². The molecule has 0 aromatic heterocycles. The van der Waals surface area contributed by atoms with Gasteiger partial charge in [-0.05, 0) is 26.7 Å². The maximum atomic E-state index is 11.6. The number of nitrogens with one attached hydrogen (secondary N) is 1. The van der Waals surface area contributed by atoms with E-state index in [2.05, 4.69) is 20.7 Å². The van der Waals surface area contributed by atoms with Crippen LogP contribution in [0.3, 0.4) is 0 Å². The molecule has 15 heavy (non-hydrogen) atoms. The van der Waals surface area contributed by atoms with Gasteiger partial charge in [0.2, 0.25) is 10.0 Å². The molecule has 0 aromatic carbocycles. The molecule has 0 aliphatic heterocycles. The van der Waals surface area contributed by atoms with Crippen LogP contribution in [0.2, 0.25) is 0 Å². The Balaban J connectivity index is 4.13. The van der Waals surface area contributed by atoms with Crippen LogP contribution in [0.15, 0.2) is 0 Å². The maximum Gasteiger partial charge on any atom is 0.212 e. The van der Waals surface area contributed by atoms with Crippen LogP contribution >= 0.6 is 15.9 Å². The second-order valence-corrected chi connectivity index (χ2v) is 6.73. The maximum absolute atomic E-state index is 11.6. The molecule has 0 saturated carbocycles. The fraction of sp³-hybridized carbons (Fsp3) is 1.00. The first-order valence-corrected chi connectivity index (χ1v) is 7.67. The number of hydrogen-bond donors (Lipinski definition) is 1. The molecule has 6 heteroatoms. The van der Waals surface area contributed by atoms with Crippen molar-refractivity contribution in [3.05, 3.63) is 0 Å². The number of sulfonamides is 1. The van der Waals surface area contributed by atoms with Crippen LogP contribution in [0.25, 0.3) is 0 Å². The summed E-state index contributed by atoms with van der Waals surface area (Å²) in [5, 5.41) is 0.778. The molecule has 0 saturated heterocycles. The van der Waals surface area contributed by atoms with Gasteiger partial charge in [-0.2, -0.15) is 0 Å². The molecular formula is C9H20BrNO3S. The van der Waals surface area contributed by atoms with E-state index in [-0.39, 0.29) is 5.75 Å². The standard InChI is InChI=1S/C9H20BrNO3S/c1-9(2,5-6-10)11-15(12,13)8-4-7-14-3/h11H,4-8H2,1-3H3. The Kier molecular flexibility index (Phi) is 6.99. The molecule has 0 radical (unpaired) electrons. The van der Waals surface area contributed by atoms with Crippen molar-refractivity contribution in [1.82, 2.24) is 4.72 Å². The SMILES string of the molecule is COCCCS(=O)(=O)NC(C)(C)CCBr. The van der Waals surface area contributed by atoms with Crippen molar-refractivity contribution in [2.24, 2.45) is 0 Å². The lowest BCUT2D eigenvalue weighted by molar-refractivity contribution is 0.199. The lowest BCUT2D eigenvalue weighted by Gasteiger charge is -2.24. The number of methoxy groups -OCH3 is 1. The highest BCUT2D eigenvalue weighted by Crippen LogP contribution is 2.12. The topological polar surface area (TPSA) is 55.4 Å². The van der Waals surface area contributed by atoms with Gasteiger partial charge >= 0.3 is 0 Å². The van der Waals surface area contributed by atoms with Gasteiger partial charge < -0.3 is 4.74 Å². The van der Waals surface area contributed by atoms with Crippen LogP contribution in [0.1, 0.15) is 26.7 Å². The quantitative estimate of drug-likeness (QED) is 0.546. The van der Waals surface area contributed by atoms with E-state index in [0.29, 0.717) is 13.0 Å². The lowest BCUT2D eigenvalue weighted by atomic mass is 10.0. The largest absolute Gasteiger partial charge is 0.385 e. The summed E-state index contributed by atoms with van der Waals surface area (Å²) in [7, 11) is -1.62. The molecule has 0 unspecified atom stereocenters. The molecule has 1 N–H and O–H groups in total. The second kappa shape index (κ2) is 6.83. The average Bonchev–Trinajstić information content (AvgIpc) is 2.01. The Morgan fingerprint density at radius 2 is 2.00 bits per heavy atom. The van der Waals surface area contributed by atoms with Crippen LogP contribution in [0, 0.1) is 0 Å². The van der Waals surface area contributed by atoms with E-state index in [1.54, 1.807) is 7.11 Å². The molecule has 0 spiro atoms. The molecule has 0 bridgehead atoms. The Bertz CT molecular complexity index is 265. The first-order chi connectivity index (χ1) is 6.83. The van der Waals surface area contributed by atoms with Crippen molar-refractivity contribution in [3.8, 4) is 0 Å². The third kappa shape index (κ3) is 8.19. The number of ether oxygens (including phenoxy) is 1. The van der Waals surface area contributed by atoms with E-state index in [1.165, 1.54) is 0 Å². The minimum absolute atomic E-state index is 0.118. The Labute approximate surface area is 101 Å². The van der Waals surface area contributed by atoms with Crippen LogP contribution in [0.5, 0.6) is 0 Å². The molecule has 0 rings (SSSR count). The van der Waals surface area contributed by atoms with Gasteiger partial charge in [0.25, 0.3) is 0 Å². The van der Waals surface area contributed by atoms with Crippen LogP contribution in [-0.4, -0.2) is 38.8 Å². The van der Waals surface area contributed by atoms with Gasteiger partial charge in [-0.15, -0.1) is 0 Å². The molecule has 0 fully saturated rings. The highest BCUT2D eigenvalue weighted by atomic mass is 79.9. The van der Waals surface area contributed by atoms with E-state index in [9.17, 15) is 8.42 Å². The monoisotopic (exact) mass is 301 g/mol. The van der Waals surface area contributed by atoms with Gasteiger partial charge in [-0.3, -0.25) is 0 Å². The molecule has 0 heterocycles. The Morgan fingerprint density at radius 1 is 1.40 bits per heavy atom. The van der Waals surface area contributed by atoms with Gasteiger partial charge in [0.05, 0.1) is 5.75 Å². The zero-order valence-electron chi connectivity index (χ0n) is 9.55. The molecule has 0 aliphatic rings. The fourth-order valence-corrected chi connectivity index (χ4v) is 3.69. The zero-order valence-corrected chi connectivity index (χ0v) is 11.9. The molecule has 0 amide bonds. The summed E-state index contributed by atoms with van der Waals surface area (Å²) in [6.07, 6.45) is 1.28. The fourth-order valence-electron chi connectivity index (χ4n) is 1.15. The van der Waals surface area contributed by atoms with E-state index < -0.39 is 15.6 Å². The van der Waals surface area contributed by atoms with Crippen molar-refractivity contribution >= 4 is 26.0 Å². The van der Waals surface area contributed by atoms with Gasteiger partial charge in [0, 0.05) is 24.6 Å². The molecule has 4 nitrogen and oxygen atoms in total. The molecule has 0 aliphatic carbocycles. The molecule has 92 valence electrons. The van der Waals surface area contributed by atoms with Gasteiger partial charge in [-0.1, -0.05) is 15.9 Å². The van der Waals surface area contributed by atoms with E-state index in [4.69, 9.17) is 4.74 Å². The van der Waals surface area contributed by atoms with E-state index in [0.717, 1.165) is 11.8 Å². The zero-order chi connectivity index (χ0) is 11.9. The third-order valence-electron chi connectivity index (χ3n) is 1.91. The predicted octanol–water partition coefficient (Wildman–Crippen LogP) is 1.51. The number of rotatable bonds is 8. The second-order valence-electron chi connectivity index (χ2n) is 4.09. The smallest absolute Gasteiger partial charge is 0.212 e. The number of hydrogen-bond acceptors (Lipinski definition) is 3. The average molecular weight is 302 g/mol. The Morgan fingerprint density at radius 3 is 2.47 bits per heavy atom. The summed E-state index contributed by atoms with van der Waals surface area (Å²) in [5.41, 5.74) is -0.393. The molecular weight excluding hydrogens is 282 g/mol. The summed E-state index contributed by atoms with van der Waals surface area (Å²) >= 11 is 3.30. The van der Waals surface area contributed by atoms with E-state index >= 15 is 0 Å². The summed E-state index contributed by atoms with van der Waals surface area (Å²) in [4.78, 5) is 0. The highest BCUT2D eigenvalue weighted by molar-refractivity contribution is 9.09. The normalized spacial score (nSPS) is 13.1. The summed E-state index contributed by atoms with van der Waals surface area (Å²) < 4.78 is 30.7. The van der Waals surface area contributed by atoms with Crippen LogP contribution in [0.4, 0.5) is 0 Å². The Hall–Kier alpha value is 0.350. The highest BCUT2D eigenvalue weighted by Gasteiger charge is 2.23. The molecule has 0 atom stereocenters. The van der Waals surface area contributed by atoms with Gasteiger partial charge in [0.15, 0.2) is 0 Å². The third-order valence-corrected chi connectivity index (χ3v) is 4.00. The van der Waals surface area contributed by atoms with Gasteiger partial charge in [-0.25, -0.2) is 13.1 Å². The van der Waals surface area contributed by atoms with Crippen LogP contribution in [-0.2, 0) is 14.8 Å². The summed E-state index contributed by atoms with van der Waals surface area (Å²) in [5.74, 6) is 0.118.